The first-order chi connectivity index (χ1) is 12.1. The summed E-state index contributed by atoms with van der Waals surface area (Å²) in [5, 5.41) is 7.87. The van der Waals surface area contributed by atoms with Gasteiger partial charge in [0.25, 0.3) is 5.56 Å². The molecule has 0 bridgehead atoms. The number of nitrogens with one attached hydrogen (secondary N) is 1. The van der Waals surface area contributed by atoms with E-state index in [4.69, 9.17) is 6.42 Å². The molecule has 0 aliphatic carbocycles. The third-order valence-electron chi connectivity index (χ3n) is 4.49. The SMILES string of the molecule is C#CCc1cnn2c3c(c(=O)n(/C(=C/C=C(C)C)CC)c12)CCNC3. The van der Waals surface area contributed by atoms with E-state index >= 15 is 0 Å². The van der Waals surface area contributed by atoms with Crippen LogP contribution < -0.4 is 10.9 Å². The predicted octanol–water partition coefficient (Wildman–Crippen LogP) is 2.53. The summed E-state index contributed by atoms with van der Waals surface area (Å²) in [6.45, 7) is 7.61. The van der Waals surface area contributed by atoms with Crippen molar-refractivity contribution in [1.82, 2.24) is 19.5 Å². The van der Waals surface area contributed by atoms with E-state index in [1.807, 2.05) is 35.1 Å². The minimum atomic E-state index is 0.0537. The quantitative estimate of drug-likeness (QED) is 0.689. The number of allylic oxidation sites excluding steroid dienone is 4. The Morgan fingerprint density at radius 3 is 2.92 bits per heavy atom. The molecule has 5 nitrogen and oxygen atoms in total. The molecular formula is C20H24N4O. The Labute approximate surface area is 148 Å². The van der Waals surface area contributed by atoms with E-state index in [0.29, 0.717) is 19.4 Å². The first kappa shape index (κ1) is 17.2. The second-order valence-electron chi connectivity index (χ2n) is 6.53. The number of hydrogen-bond acceptors (Lipinski definition) is 3. The molecular weight excluding hydrogens is 312 g/mol. The van der Waals surface area contributed by atoms with Crippen LogP contribution in [0, 0.1) is 12.3 Å². The maximum absolute atomic E-state index is 13.3. The highest BCUT2D eigenvalue weighted by Crippen LogP contribution is 2.21. The van der Waals surface area contributed by atoms with Crippen LogP contribution in [0.1, 0.15) is 44.0 Å². The van der Waals surface area contributed by atoms with E-state index in [1.165, 1.54) is 5.57 Å². The van der Waals surface area contributed by atoms with Crippen LogP contribution in [-0.4, -0.2) is 20.7 Å². The van der Waals surface area contributed by atoms with Gasteiger partial charge < -0.3 is 5.32 Å². The van der Waals surface area contributed by atoms with Gasteiger partial charge in [-0.1, -0.05) is 18.6 Å². The van der Waals surface area contributed by atoms with Crippen LogP contribution in [0.2, 0.25) is 0 Å². The molecule has 0 saturated carbocycles. The minimum Gasteiger partial charge on any atom is -0.311 e. The summed E-state index contributed by atoms with van der Waals surface area (Å²) in [7, 11) is 0. The highest BCUT2D eigenvalue weighted by molar-refractivity contribution is 5.62. The summed E-state index contributed by atoms with van der Waals surface area (Å²) in [5.74, 6) is 2.68. The summed E-state index contributed by atoms with van der Waals surface area (Å²) in [6.07, 6.45) is 13.3. The van der Waals surface area contributed by atoms with Crippen molar-refractivity contribution < 1.29 is 0 Å². The number of terminal acetylenes is 1. The van der Waals surface area contributed by atoms with Gasteiger partial charge in [-0.05, 0) is 39.3 Å². The monoisotopic (exact) mass is 336 g/mol. The lowest BCUT2D eigenvalue weighted by Gasteiger charge is -2.21. The highest BCUT2D eigenvalue weighted by atomic mass is 16.1. The highest BCUT2D eigenvalue weighted by Gasteiger charge is 2.23. The van der Waals surface area contributed by atoms with Crippen molar-refractivity contribution in [3.05, 3.63) is 51.1 Å². The maximum Gasteiger partial charge on any atom is 0.261 e. The van der Waals surface area contributed by atoms with E-state index in [-0.39, 0.29) is 5.56 Å². The smallest absolute Gasteiger partial charge is 0.261 e. The molecule has 1 aliphatic rings. The summed E-state index contributed by atoms with van der Waals surface area (Å²) in [5.41, 5.74) is 5.69. The van der Waals surface area contributed by atoms with Crippen molar-refractivity contribution >= 4 is 11.3 Å². The Morgan fingerprint density at radius 1 is 1.44 bits per heavy atom. The van der Waals surface area contributed by atoms with Gasteiger partial charge in [-0.25, -0.2) is 4.52 Å². The van der Waals surface area contributed by atoms with E-state index in [2.05, 4.69) is 23.3 Å². The zero-order chi connectivity index (χ0) is 18.0. The average molecular weight is 336 g/mol. The van der Waals surface area contributed by atoms with E-state index in [0.717, 1.165) is 41.1 Å². The van der Waals surface area contributed by atoms with Crippen LogP contribution in [0.25, 0.3) is 11.3 Å². The van der Waals surface area contributed by atoms with Crippen molar-refractivity contribution in [2.45, 2.75) is 46.6 Å². The second kappa shape index (κ2) is 7.12. The fraction of sp³-hybridized carbons (Fsp3) is 0.400. The molecule has 0 spiro atoms. The summed E-state index contributed by atoms with van der Waals surface area (Å²) in [4.78, 5) is 13.3. The van der Waals surface area contributed by atoms with Crippen LogP contribution in [0.15, 0.2) is 28.7 Å². The van der Waals surface area contributed by atoms with Gasteiger partial charge in [-0.2, -0.15) is 5.10 Å². The molecule has 0 unspecified atom stereocenters. The molecule has 1 N–H and O–H groups in total. The van der Waals surface area contributed by atoms with Gasteiger partial charge in [0.2, 0.25) is 0 Å². The minimum absolute atomic E-state index is 0.0537. The molecule has 130 valence electrons. The molecule has 3 rings (SSSR count). The lowest BCUT2D eigenvalue weighted by molar-refractivity contribution is 0.595. The summed E-state index contributed by atoms with van der Waals surface area (Å²) < 4.78 is 3.70. The predicted molar refractivity (Wildman–Crippen MR) is 101 cm³/mol. The fourth-order valence-electron chi connectivity index (χ4n) is 3.26. The van der Waals surface area contributed by atoms with Gasteiger partial charge in [-0.3, -0.25) is 9.36 Å². The first-order valence-electron chi connectivity index (χ1n) is 8.70. The Balaban J connectivity index is 2.40. The van der Waals surface area contributed by atoms with Gasteiger partial charge >= 0.3 is 0 Å². The lowest BCUT2D eigenvalue weighted by Crippen LogP contribution is -2.36. The molecule has 0 saturated heterocycles. The largest absolute Gasteiger partial charge is 0.311 e. The van der Waals surface area contributed by atoms with Crippen LogP contribution >= 0.6 is 0 Å². The van der Waals surface area contributed by atoms with Crippen molar-refractivity contribution in [2.24, 2.45) is 0 Å². The topological polar surface area (TPSA) is 51.3 Å². The second-order valence-corrected chi connectivity index (χ2v) is 6.53. The van der Waals surface area contributed by atoms with E-state index in [1.54, 1.807) is 6.20 Å². The molecule has 1 aliphatic heterocycles. The Morgan fingerprint density at radius 2 is 2.24 bits per heavy atom. The number of rotatable bonds is 4. The first-order valence-corrected chi connectivity index (χ1v) is 8.70. The summed E-state index contributed by atoms with van der Waals surface area (Å²) >= 11 is 0. The third-order valence-corrected chi connectivity index (χ3v) is 4.49. The van der Waals surface area contributed by atoms with Crippen molar-refractivity contribution in [3.63, 3.8) is 0 Å². The van der Waals surface area contributed by atoms with E-state index in [9.17, 15) is 4.79 Å². The molecule has 0 amide bonds. The lowest BCUT2D eigenvalue weighted by atomic mass is 10.1. The van der Waals surface area contributed by atoms with Crippen LogP contribution in [0.5, 0.6) is 0 Å². The number of hydrogen-bond donors (Lipinski definition) is 1. The molecule has 0 aromatic carbocycles. The number of fused-ring (bicyclic) bond motifs is 3. The molecule has 25 heavy (non-hydrogen) atoms. The van der Waals surface area contributed by atoms with Crippen molar-refractivity contribution in [1.29, 1.82) is 0 Å². The van der Waals surface area contributed by atoms with Crippen LogP contribution in [-0.2, 0) is 19.4 Å². The number of aromatic nitrogens is 3. The molecule has 3 heterocycles. The van der Waals surface area contributed by atoms with Crippen molar-refractivity contribution in [3.8, 4) is 12.3 Å². The Kier molecular flexibility index (Phi) is 4.91. The number of nitrogens with zero attached hydrogens (tertiary/aromatic N) is 3. The van der Waals surface area contributed by atoms with Crippen LogP contribution in [0.3, 0.4) is 0 Å². The molecule has 5 heteroatoms. The van der Waals surface area contributed by atoms with Gasteiger partial charge in [-0.15, -0.1) is 12.3 Å². The van der Waals surface area contributed by atoms with Gasteiger partial charge in [0.05, 0.1) is 11.9 Å². The fourth-order valence-corrected chi connectivity index (χ4v) is 3.26. The maximum atomic E-state index is 13.3. The Bertz CT molecular complexity index is 962. The summed E-state index contributed by atoms with van der Waals surface area (Å²) in [6, 6.07) is 0. The van der Waals surface area contributed by atoms with Crippen molar-refractivity contribution in [2.75, 3.05) is 6.54 Å². The van der Waals surface area contributed by atoms with Crippen LogP contribution in [0.4, 0.5) is 0 Å². The zero-order valence-electron chi connectivity index (χ0n) is 15.1. The Hall–Kier alpha value is -2.58. The molecule has 0 fully saturated rings. The van der Waals surface area contributed by atoms with E-state index < -0.39 is 0 Å². The van der Waals surface area contributed by atoms with Gasteiger partial charge in [0.15, 0.2) is 0 Å². The molecule has 2 aromatic rings. The standard InChI is InChI=1S/C20H24N4O/c1-5-7-15-12-22-24-18-13-21-11-10-17(18)20(25)23(19(15)24)16(6-2)9-8-14(3)4/h1,8-9,12,21H,6-7,10-11,13H2,2-4H3/b16-9+. The normalized spacial score (nSPS) is 14.2. The van der Waals surface area contributed by atoms with Gasteiger partial charge in [0.1, 0.15) is 5.65 Å². The average Bonchev–Trinajstić information content (AvgIpc) is 3.01. The molecule has 0 radical (unpaired) electrons. The molecule has 2 aromatic heterocycles. The third kappa shape index (κ3) is 3.06. The molecule has 0 atom stereocenters. The van der Waals surface area contributed by atoms with Gasteiger partial charge in [0, 0.05) is 29.8 Å². The zero-order valence-corrected chi connectivity index (χ0v) is 15.1.